The third-order valence-corrected chi connectivity index (χ3v) is 6.92. The highest BCUT2D eigenvalue weighted by Gasteiger charge is 2.20. The van der Waals surface area contributed by atoms with Crippen molar-refractivity contribution >= 4 is 60.5 Å². The number of aromatic carboxylic acids is 1. The summed E-state index contributed by atoms with van der Waals surface area (Å²) in [6, 6.07) is 5.50. The van der Waals surface area contributed by atoms with Gasteiger partial charge in [-0.1, -0.05) is 11.6 Å². The van der Waals surface area contributed by atoms with Crippen LogP contribution < -0.4 is 4.72 Å². The molecule has 1 aromatic heterocycles. The van der Waals surface area contributed by atoms with Gasteiger partial charge in [-0.15, -0.1) is 11.3 Å². The number of rotatable bonds is 4. The summed E-state index contributed by atoms with van der Waals surface area (Å²) in [5.74, 6) is -1.07. The van der Waals surface area contributed by atoms with Gasteiger partial charge in [-0.05, 0) is 52.7 Å². The van der Waals surface area contributed by atoms with E-state index in [4.69, 9.17) is 16.7 Å². The molecule has 2 aromatic rings. The Bertz CT molecular complexity index is 797. The summed E-state index contributed by atoms with van der Waals surface area (Å²) in [5, 5.41) is 9.21. The summed E-state index contributed by atoms with van der Waals surface area (Å²) in [5.41, 5.74) is 0.929. The summed E-state index contributed by atoms with van der Waals surface area (Å²) in [7, 11) is -3.76. The molecule has 9 heteroatoms. The van der Waals surface area contributed by atoms with E-state index in [0.717, 1.165) is 11.3 Å². The third kappa shape index (κ3) is 3.57. The monoisotopic (exact) mass is 409 g/mol. The van der Waals surface area contributed by atoms with E-state index in [-0.39, 0.29) is 9.77 Å². The number of nitrogens with one attached hydrogen (secondary N) is 1. The van der Waals surface area contributed by atoms with Crippen molar-refractivity contribution in [3.8, 4) is 0 Å². The Morgan fingerprint density at radius 1 is 1.38 bits per heavy atom. The van der Waals surface area contributed by atoms with Crippen LogP contribution in [0.1, 0.15) is 15.9 Å². The van der Waals surface area contributed by atoms with Gasteiger partial charge in [0, 0.05) is 0 Å². The van der Waals surface area contributed by atoms with Gasteiger partial charge in [0.05, 0.1) is 20.1 Å². The van der Waals surface area contributed by atoms with Gasteiger partial charge in [0.25, 0.3) is 10.0 Å². The van der Waals surface area contributed by atoms with Crippen molar-refractivity contribution in [1.29, 1.82) is 0 Å². The number of benzene rings is 1. The first-order valence-electron chi connectivity index (χ1n) is 5.52. The molecule has 0 aliphatic rings. The minimum absolute atomic E-state index is 0.0705. The van der Waals surface area contributed by atoms with E-state index in [1.54, 1.807) is 6.92 Å². The number of aryl methyl sites for hydroxylation is 1. The van der Waals surface area contributed by atoms with Gasteiger partial charge in [0.15, 0.2) is 0 Å². The smallest absolute Gasteiger partial charge is 0.335 e. The summed E-state index contributed by atoms with van der Waals surface area (Å²) in [6.45, 7) is 1.63. The highest BCUT2D eigenvalue weighted by molar-refractivity contribution is 9.11. The fraction of sp³-hybridized carbons (Fsp3) is 0.0833. The van der Waals surface area contributed by atoms with E-state index in [1.807, 2.05) is 0 Å². The lowest BCUT2D eigenvalue weighted by Gasteiger charge is -2.09. The van der Waals surface area contributed by atoms with E-state index in [2.05, 4.69) is 20.7 Å². The molecule has 0 saturated heterocycles. The topological polar surface area (TPSA) is 83.5 Å². The fourth-order valence-corrected chi connectivity index (χ4v) is 5.09. The van der Waals surface area contributed by atoms with Crippen LogP contribution in [0.2, 0.25) is 5.02 Å². The number of carboxylic acid groups (broad SMARTS) is 1. The van der Waals surface area contributed by atoms with Gasteiger partial charge in [-0.2, -0.15) is 0 Å². The number of carboxylic acids is 1. The standard InChI is InChI=1S/C12H9BrClNO4S2/c1-6-4-7(12(16)17)2-3-9(6)15-21(18,19)10-5-8(14)11(13)20-10/h2-5,15H,1H3,(H,16,17). The highest BCUT2D eigenvalue weighted by Crippen LogP contribution is 2.35. The molecule has 0 spiro atoms. The maximum absolute atomic E-state index is 12.2. The van der Waals surface area contributed by atoms with E-state index < -0.39 is 16.0 Å². The molecule has 0 unspecified atom stereocenters. The zero-order chi connectivity index (χ0) is 15.8. The van der Waals surface area contributed by atoms with Gasteiger partial charge in [-0.3, -0.25) is 4.72 Å². The normalized spacial score (nSPS) is 11.4. The van der Waals surface area contributed by atoms with E-state index >= 15 is 0 Å². The number of thiophene rings is 1. The number of carbonyl (C=O) groups is 1. The Balaban J connectivity index is 2.35. The Hall–Kier alpha value is -1.09. The van der Waals surface area contributed by atoms with Gasteiger partial charge >= 0.3 is 5.97 Å². The number of anilines is 1. The van der Waals surface area contributed by atoms with Crippen molar-refractivity contribution < 1.29 is 18.3 Å². The van der Waals surface area contributed by atoms with Crippen molar-refractivity contribution in [1.82, 2.24) is 0 Å². The number of halogens is 2. The second-order valence-electron chi connectivity index (χ2n) is 4.13. The first kappa shape index (κ1) is 16.3. The van der Waals surface area contributed by atoms with Crippen LogP contribution in [0, 0.1) is 6.92 Å². The summed E-state index contributed by atoms with van der Waals surface area (Å²) in [6.07, 6.45) is 0. The molecule has 1 heterocycles. The molecule has 0 fully saturated rings. The van der Waals surface area contributed by atoms with Gasteiger partial charge < -0.3 is 5.11 Å². The molecule has 0 amide bonds. The minimum atomic E-state index is -3.76. The molecule has 2 rings (SSSR count). The van der Waals surface area contributed by atoms with Crippen LogP contribution >= 0.6 is 38.9 Å². The average Bonchev–Trinajstić information content (AvgIpc) is 2.72. The zero-order valence-electron chi connectivity index (χ0n) is 10.6. The molecule has 1 aromatic carbocycles. The lowest BCUT2D eigenvalue weighted by Crippen LogP contribution is -2.12. The maximum Gasteiger partial charge on any atom is 0.335 e. The quantitative estimate of drug-likeness (QED) is 0.799. The molecular formula is C12H9BrClNO4S2. The van der Waals surface area contributed by atoms with Crippen molar-refractivity contribution in [2.75, 3.05) is 4.72 Å². The molecule has 2 N–H and O–H groups in total. The summed E-state index contributed by atoms with van der Waals surface area (Å²) < 4.78 is 27.5. The molecule has 112 valence electrons. The number of sulfonamides is 1. The van der Waals surface area contributed by atoms with Crippen molar-refractivity contribution in [2.45, 2.75) is 11.1 Å². The van der Waals surface area contributed by atoms with Gasteiger partial charge in [0.2, 0.25) is 0 Å². The van der Waals surface area contributed by atoms with Crippen LogP contribution in [0.5, 0.6) is 0 Å². The largest absolute Gasteiger partial charge is 0.478 e. The van der Waals surface area contributed by atoms with Crippen molar-refractivity contribution in [3.63, 3.8) is 0 Å². The SMILES string of the molecule is Cc1cc(C(=O)O)ccc1NS(=O)(=O)c1cc(Cl)c(Br)s1. The van der Waals surface area contributed by atoms with Crippen LogP contribution in [0.3, 0.4) is 0 Å². The van der Waals surface area contributed by atoms with Crippen LogP contribution in [0.4, 0.5) is 5.69 Å². The second-order valence-corrected chi connectivity index (χ2v) is 8.81. The first-order chi connectivity index (χ1) is 9.70. The van der Waals surface area contributed by atoms with Gasteiger partial charge in [0.1, 0.15) is 4.21 Å². The lowest BCUT2D eigenvalue weighted by molar-refractivity contribution is 0.0697. The van der Waals surface area contributed by atoms with Crippen LogP contribution in [-0.2, 0) is 10.0 Å². The fourth-order valence-electron chi connectivity index (χ4n) is 1.57. The Kier molecular flexibility index (Phi) is 4.62. The van der Waals surface area contributed by atoms with Crippen LogP contribution in [0.25, 0.3) is 0 Å². The average molecular weight is 411 g/mol. The van der Waals surface area contributed by atoms with Crippen molar-refractivity contribution in [3.05, 3.63) is 44.2 Å². The Morgan fingerprint density at radius 2 is 2.05 bits per heavy atom. The van der Waals surface area contributed by atoms with E-state index in [0.29, 0.717) is 20.1 Å². The predicted molar refractivity (Wildman–Crippen MR) is 86.0 cm³/mol. The molecule has 0 saturated carbocycles. The molecule has 0 aliphatic carbocycles. The van der Waals surface area contributed by atoms with Crippen LogP contribution in [-0.4, -0.2) is 19.5 Å². The minimum Gasteiger partial charge on any atom is -0.478 e. The highest BCUT2D eigenvalue weighted by atomic mass is 79.9. The molecule has 0 atom stereocenters. The molecule has 21 heavy (non-hydrogen) atoms. The van der Waals surface area contributed by atoms with Crippen LogP contribution in [0.15, 0.2) is 32.3 Å². The van der Waals surface area contributed by atoms with Crippen molar-refractivity contribution in [2.24, 2.45) is 0 Å². The zero-order valence-corrected chi connectivity index (χ0v) is 14.5. The molecule has 5 nitrogen and oxygen atoms in total. The Morgan fingerprint density at radius 3 is 2.52 bits per heavy atom. The molecule has 0 aliphatic heterocycles. The Labute approximate surface area is 138 Å². The second kappa shape index (κ2) is 5.96. The lowest BCUT2D eigenvalue weighted by atomic mass is 10.1. The third-order valence-electron chi connectivity index (χ3n) is 2.61. The number of hydrogen-bond acceptors (Lipinski definition) is 4. The van der Waals surface area contributed by atoms with E-state index in [9.17, 15) is 13.2 Å². The summed E-state index contributed by atoms with van der Waals surface area (Å²) >= 11 is 9.99. The number of hydrogen-bond donors (Lipinski definition) is 2. The predicted octanol–water partition coefficient (Wildman–Crippen LogP) is 3.97. The van der Waals surface area contributed by atoms with E-state index in [1.165, 1.54) is 24.3 Å². The molecule has 0 radical (unpaired) electrons. The first-order valence-corrected chi connectivity index (χ1v) is 8.99. The maximum atomic E-state index is 12.2. The van der Waals surface area contributed by atoms with Gasteiger partial charge in [-0.25, -0.2) is 13.2 Å². The molecule has 0 bridgehead atoms. The molecular weight excluding hydrogens is 402 g/mol. The summed E-state index contributed by atoms with van der Waals surface area (Å²) in [4.78, 5) is 10.9.